The van der Waals surface area contributed by atoms with Crippen molar-refractivity contribution in [1.29, 1.82) is 0 Å². The van der Waals surface area contributed by atoms with E-state index in [-0.39, 0.29) is 17.7 Å². The fraction of sp³-hybridized carbons (Fsp3) is 0.500. The van der Waals surface area contributed by atoms with E-state index in [0.717, 1.165) is 38.2 Å². The number of anilines is 1. The van der Waals surface area contributed by atoms with Crippen LogP contribution in [0.1, 0.15) is 37.5 Å². The van der Waals surface area contributed by atoms with E-state index < -0.39 is 0 Å². The number of rotatable bonds is 7. The van der Waals surface area contributed by atoms with Gasteiger partial charge in [0.15, 0.2) is 0 Å². The Morgan fingerprint density at radius 1 is 1.29 bits per heavy atom. The second kappa shape index (κ2) is 12.5. The van der Waals surface area contributed by atoms with Crippen molar-refractivity contribution in [2.24, 2.45) is 0 Å². The highest BCUT2D eigenvalue weighted by molar-refractivity contribution is 7.09. The first-order valence-corrected chi connectivity index (χ1v) is 11.0. The van der Waals surface area contributed by atoms with E-state index in [9.17, 15) is 9.90 Å². The maximum absolute atomic E-state index is 12.2. The molecule has 1 saturated heterocycles. The number of nitrogens with zero attached hydrogens (tertiary/aromatic N) is 1. The van der Waals surface area contributed by atoms with Crippen molar-refractivity contribution in [3.63, 3.8) is 0 Å². The molecule has 0 radical (unpaired) electrons. The fourth-order valence-corrected chi connectivity index (χ4v) is 4.09. The maximum Gasteiger partial charge on any atom is 0.228 e. The molecule has 2 heterocycles. The first kappa shape index (κ1) is 22.4. The summed E-state index contributed by atoms with van der Waals surface area (Å²) in [6.45, 7) is 4.80. The molecule has 0 bridgehead atoms. The molecule has 6 heteroatoms. The Bertz CT molecular complexity index is 691. The van der Waals surface area contributed by atoms with Crippen LogP contribution < -0.4 is 15.5 Å². The lowest BCUT2D eigenvalue weighted by Crippen LogP contribution is -2.34. The van der Waals surface area contributed by atoms with Gasteiger partial charge in [0.05, 0.1) is 0 Å². The number of carbonyl (C=O) groups excluding carboxylic acids is 1. The summed E-state index contributed by atoms with van der Waals surface area (Å²) in [6.07, 6.45) is 5.01. The van der Waals surface area contributed by atoms with Crippen LogP contribution in [0.5, 0.6) is 5.75 Å². The molecule has 154 valence electrons. The molecule has 28 heavy (non-hydrogen) atoms. The predicted octanol–water partition coefficient (Wildman–Crippen LogP) is 3.79. The van der Waals surface area contributed by atoms with Crippen molar-refractivity contribution in [2.75, 3.05) is 31.6 Å². The van der Waals surface area contributed by atoms with Gasteiger partial charge in [0, 0.05) is 35.6 Å². The van der Waals surface area contributed by atoms with Gasteiger partial charge in [-0.05, 0) is 69.4 Å². The molecule has 1 aromatic heterocycles. The third-order valence-corrected chi connectivity index (χ3v) is 5.66. The average molecular weight is 404 g/mol. The minimum Gasteiger partial charge on any atom is -0.508 e. The number of phenols is 1. The Balaban J connectivity index is 0.000000237. The molecule has 1 aliphatic rings. The smallest absolute Gasteiger partial charge is 0.228 e. The Labute approximate surface area is 172 Å². The van der Waals surface area contributed by atoms with Crippen LogP contribution in [-0.2, 0) is 11.2 Å². The van der Waals surface area contributed by atoms with E-state index >= 15 is 0 Å². The molecule has 0 aliphatic carbocycles. The second-order valence-electron chi connectivity index (χ2n) is 6.95. The Morgan fingerprint density at radius 3 is 2.82 bits per heavy atom. The lowest BCUT2D eigenvalue weighted by Gasteiger charge is -2.21. The summed E-state index contributed by atoms with van der Waals surface area (Å²) >= 11 is 1.85. The van der Waals surface area contributed by atoms with Gasteiger partial charge in [-0.2, -0.15) is 0 Å². The van der Waals surface area contributed by atoms with E-state index in [2.05, 4.69) is 35.1 Å². The van der Waals surface area contributed by atoms with Gasteiger partial charge in [-0.25, -0.2) is 0 Å². The summed E-state index contributed by atoms with van der Waals surface area (Å²) < 4.78 is 0. The first-order chi connectivity index (χ1) is 13.6. The molecule has 1 atom stereocenters. The topological polar surface area (TPSA) is 64.6 Å². The van der Waals surface area contributed by atoms with E-state index in [1.165, 1.54) is 17.7 Å². The molecule has 1 aromatic carbocycles. The number of aryl methyl sites for hydroxylation is 1. The maximum atomic E-state index is 12.2. The van der Waals surface area contributed by atoms with Crippen molar-refractivity contribution in [3.8, 4) is 5.75 Å². The summed E-state index contributed by atoms with van der Waals surface area (Å²) in [6, 6.07) is 11.5. The third kappa shape index (κ3) is 7.62. The zero-order chi connectivity index (χ0) is 20.2. The summed E-state index contributed by atoms with van der Waals surface area (Å²) in [4.78, 5) is 15.5. The molecule has 1 amide bonds. The number of hydrogen-bond donors (Lipinski definition) is 3. The van der Waals surface area contributed by atoms with Crippen molar-refractivity contribution in [1.82, 2.24) is 10.6 Å². The molecule has 0 spiro atoms. The van der Waals surface area contributed by atoms with Gasteiger partial charge in [0.1, 0.15) is 5.75 Å². The van der Waals surface area contributed by atoms with Crippen molar-refractivity contribution >= 4 is 22.9 Å². The number of nitrogens with one attached hydrogen (secondary N) is 2. The zero-order valence-corrected chi connectivity index (χ0v) is 17.8. The molecule has 3 N–H and O–H groups in total. The number of thiophene rings is 1. The number of benzene rings is 1. The van der Waals surface area contributed by atoms with Gasteiger partial charge in [-0.15, -0.1) is 11.3 Å². The highest BCUT2D eigenvalue weighted by atomic mass is 32.1. The van der Waals surface area contributed by atoms with Crippen molar-refractivity contribution in [2.45, 2.75) is 45.1 Å². The molecule has 1 unspecified atom stereocenters. The van der Waals surface area contributed by atoms with E-state index in [1.54, 1.807) is 23.1 Å². The molecule has 5 nitrogen and oxygen atoms in total. The average Bonchev–Trinajstić information content (AvgIpc) is 3.12. The standard InChI is InChI=1S/C14H20N2O2.C8H13NS/c1-2-15-11-5-4-8-16(14(18)9-11)12-6-3-7-13(17)10-12;1-9-6-2-4-8-5-3-7-10-8/h3,6-7,10-11,15,17H,2,4-5,8-9H2,1H3;3,5,7,9H,2,4,6H2,1H3. The minimum absolute atomic E-state index is 0.129. The molecular weight excluding hydrogens is 370 g/mol. The first-order valence-electron chi connectivity index (χ1n) is 10.1. The van der Waals surface area contributed by atoms with Gasteiger partial charge in [0.25, 0.3) is 0 Å². The van der Waals surface area contributed by atoms with Crippen molar-refractivity contribution < 1.29 is 9.90 Å². The predicted molar refractivity (Wildman–Crippen MR) is 118 cm³/mol. The quantitative estimate of drug-likeness (QED) is 0.616. The van der Waals surface area contributed by atoms with Crippen LogP contribution in [0.2, 0.25) is 0 Å². The second-order valence-corrected chi connectivity index (χ2v) is 7.98. The number of carbonyl (C=O) groups is 1. The lowest BCUT2D eigenvalue weighted by atomic mass is 10.1. The van der Waals surface area contributed by atoms with Crippen LogP contribution in [0.25, 0.3) is 0 Å². The number of phenolic OH excluding ortho intramolecular Hbond substituents is 1. The minimum atomic E-state index is 0.129. The molecule has 1 aliphatic heterocycles. The van der Waals surface area contributed by atoms with E-state index in [0.29, 0.717) is 6.42 Å². The van der Waals surface area contributed by atoms with Crippen LogP contribution in [0.3, 0.4) is 0 Å². The highest BCUT2D eigenvalue weighted by Gasteiger charge is 2.23. The van der Waals surface area contributed by atoms with E-state index in [1.807, 2.05) is 24.5 Å². The molecule has 2 aromatic rings. The van der Waals surface area contributed by atoms with Crippen LogP contribution in [-0.4, -0.2) is 43.7 Å². The summed E-state index contributed by atoms with van der Waals surface area (Å²) in [5.41, 5.74) is 0.789. The summed E-state index contributed by atoms with van der Waals surface area (Å²) in [5, 5.41) is 18.1. The normalized spacial score (nSPS) is 17.0. The van der Waals surface area contributed by atoms with Gasteiger partial charge in [-0.1, -0.05) is 19.1 Å². The van der Waals surface area contributed by atoms with Gasteiger partial charge in [-0.3, -0.25) is 4.79 Å². The summed E-state index contributed by atoms with van der Waals surface area (Å²) in [7, 11) is 1.99. The summed E-state index contributed by atoms with van der Waals surface area (Å²) in [5.74, 6) is 0.330. The number of amides is 1. The molecule has 0 saturated carbocycles. The Hall–Kier alpha value is -1.89. The van der Waals surface area contributed by atoms with Crippen LogP contribution in [0.4, 0.5) is 5.69 Å². The zero-order valence-electron chi connectivity index (χ0n) is 17.0. The number of hydrogen-bond acceptors (Lipinski definition) is 5. The SMILES string of the molecule is CCNC1CCCN(c2cccc(O)c2)C(=O)C1.CNCCCc1cccs1. The van der Waals surface area contributed by atoms with Crippen LogP contribution in [0.15, 0.2) is 41.8 Å². The van der Waals surface area contributed by atoms with Gasteiger partial charge < -0.3 is 20.6 Å². The van der Waals surface area contributed by atoms with Crippen LogP contribution in [0, 0.1) is 0 Å². The monoisotopic (exact) mass is 403 g/mol. The van der Waals surface area contributed by atoms with Gasteiger partial charge in [0.2, 0.25) is 5.91 Å². The van der Waals surface area contributed by atoms with E-state index in [4.69, 9.17) is 0 Å². The largest absolute Gasteiger partial charge is 0.508 e. The fourth-order valence-electron chi connectivity index (χ4n) is 3.33. The lowest BCUT2D eigenvalue weighted by molar-refractivity contribution is -0.118. The molecule has 1 fully saturated rings. The molecular formula is C22H33N3O2S. The van der Waals surface area contributed by atoms with Crippen molar-refractivity contribution in [3.05, 3.63) is 46.7 Å². The Morgan fingerprint density at radius 2 is 2.14 bits per heavy atom. The number of aromatic hydroxyl groups is 1. The highest BCUT2D eigenvalue weighted by Crippen LogP contribution is 2.24. The molecule has 3 rings (SSSR count). The van der Waals surface area contributed by atoms with Crippen LogP contribution >= 0.6 is 11.3 Å². The third-order valence-electron chi connectivity index (χ3n) is 4.72. The Kier molecular flexibility index (Phi) is 10.0. The van der Waals surface area contributed by atoms with Gasteiger partial charge >= 0.3 is 0 Å².